The van der Waals surface area contributed by atoms with Crippen molar-refractivity contribution in [2.45, 2.75) is 25.9 Å². The van der Waals surface area contributed by atoms with E-state index in [1.54, 1.807) is 13.8 Å². The van der Waals surface area contributed by atoms with Gasteiger partial charge < -0.3 is 10.7 Å². The van der Waals surface area contributed by atoms with Crippen LogP contribution in [-0.4, -0.2) is 27.3 Å². The Morgan fingerprint density at radius 3 is 2.57 bits per heavy atom. The van der Waals surface area contributed by atoms with Crippen LogP contribution in [0.2, 0.25) is 0 Å². The van der Waals surface area contributed by atoms with Gasteiger partial charge in [0.15, 0.2) is 0 Å². The maximum atomic E-state index is 12.1. The third-order valence-corrected chi connectivity index (χ3v) is 3.23. The Hall–Kier alpha value is -2.68. The summed E-state index contributed by atoms with van der Waals surface area (Å²) >= 11 is 0. The number of rotatable bonds is 4. The molecule has 112 valence electrons. The van der Waals surface area contributed by atoms with Gasteiger partial charge in [-0.25, -0.2) is 4.79 Å². The van der Waals surface area contributed by atoms with E-state index in [-0.39, 0.29) is 12.2 Å². The molecule has 0 saturated carbocycles. The Morgan fingerprint density at radius 1 is 1.43 bits per heavy atom. The highest BCUT2D eigenvalue weighted by atomic mass is 16.6. The van der Waals surface area contributed by atoms with E-state index in [4.69, 9.17) is 5.84 Å². The zero-order valence-electron chi connectivity index (χ0n) is 11.5. The first-order chi connectivity index (χ1) is 9.76. The van der Waals surface area contributed by atoms with E-state index in [0.29, 0.717) is 11.3 Å². The first-order valence-electron chi connectivity index (χ1n) is 6.14. The van der Waals surface area contributed by atoms with Gasteiger partial charge in [0.25, 0.3) is 11.6 Å². The SMILES string of the molecule is CC1(C)NC(=O)N(Cc2cc([N+](=O)[O-])ccc2NN)C1=O. The van der Waals surface area contributed by atoms with Gasteiger partial charge >= 0.3 is 6.03 Å². The van der Waals surface area contributed by atoms with Crippen molar-refractivity contribution < 1.29 is 14.5 Å². The van der Waals surface area contributed by atoms with Crippen LogP contribution >= 0.6 is 0 Å². The first-order valence-corrected chi connectivity index (χ1v) is 6.14. The number of nitro benzene ring substituents is 1. The number of hydrazine groups is 1. The van der Waals surface area contributed by atoms with Gasteiger partial charge in [-0.2, -0.15) is 0 Å². The number of benzene rings is 1. The largest absolute Gasteiger partial charge is 0.325 e. The van der Waals surface area contributed by atoms with Gasteiger partial charge in [0.2, 0.25) is 0 Å². The lowest BCUT2D eigenvalue weighted by Crippen LogP contribution is -2.40. The normalized spacial score (nSPS) is 16.8. The van der Waals surface area contributed by atoms with E-state index in [2.05, 4.69) is 10.7 Å². The number of nitrogens with zero attached hydrogens (tertiary/aromatic N) is 2. The molecule has 0 aromatic heterocycles. The van der Waals surface area contributed by atoms with Crippen molar-refractivity contribution in [3.8, 4) is 0 Å². The fourth-order valence-electron chi connectivity index (χ4n) is 2.10. The summed E-state index contributed by atoms with van der Waals surface area (Å²) in [7, 11) is 0. The predicted octanol–water partition coefficient (Wildman–Crippen LogP) is 0.711. The minimum Gasteiger partial charge on any atom is -0.324 e. The lowest BCUT2D eigenvalue weighted by atomic mass is 10.1. The Bertz CT molecular complexity index is 628. The van der Waals surface area contributed by atoms with Gasteiger partial charge in [-0.15, -0.1) is 0 Å². The van der Waals surface area contributed by atoms with Crippen LogP contribution < -0.4 is 16.6 Å². The molecule has 0 aliphatic carbocycles. The van der Waals surface area contributed by atoms with E-state index in [9.17, 15) is 19.7 Å². The van der Waals surface area contributed by atoms with Crippen LogP contribution in [0.1, 0.15) is 19.4 Å². The number of nitrogens with two attached hydrogens (primary N) is 1. The number of hydrogen-bond acceptors (Lipinski definition) is 6. The van der Waals surface area contributed by atoms with Crippen LogP contribution in [0.3, 0.4) is 0 Å². The van der Waals surface area contributed by atoms with Crippen LogP contribution in [-0.2, 0) is 11.3 Å². The van der Waals surface area contributed by atoms with Gasteiger partial charge in [0.05, 0.1) is 17.2 Å². The maximum absolute atomic E-state index is 12.1. The fourth-order valence-corrected chi connectivity index (χ4v) is 2.10. The van der Waals surface area contributed by atoms with Gasteiger partial charge in [0, 0.05) is 17.7 Å². The van der Waals surface area contributed by atoms with Crippen LogP contribution in [0.5, 0.6) is 0 Å². The summed E-state index contributed by atoms with van der Waals surface area (Å²) in [5, 5.41) is 13.4. The minimum atomic E-state index is -0.992. The van der Waals surface area contributed by atoms with Crippen LogP contribution in [0, 0.1) is 10.1 Å². The summed E-state index contributed by atoms with van der Waals surface area (Å²) in [5.41, 5.74) is 2.05. The van der Waals surface area contributed by atoms with Crippen molar-refractivity contribution in [1.29, 1.82) is 0 Å². The monoisotopic (exact) mass is 293 g/mol. The molecule has 2 rings (SSSR count). The highest BCUT2D eigenvalue weighted by molar-refractivity contribution is 6.06. The standard InChI is InChI=1S/C12H15N5O4/c1-12(2)10(18)16(11(19)14-12)6-7-5-8(17(20)21)3-4-9(7)15-13/h3-5,15H,6,13H2,1-2H3,(H,14,19). The molecule has 9 nitrogen and oxygen atoms in total. The second-order valence-electron chi connectivity index (χ2n) is 5.19. The minimum absolute atomic E-state index is 0.102. The zero-order valence-corrected chi connectivity index (χ0v) is 11.5. The smallest absolute Gasteiger partial charge is 0.324 e. The van der Waals surface area contributed by atoms with Crippen molar-refractivity contribution in [3.05, 3.63) is 33.9 Å². The number of anilines is 1. The molecule has 0 bridgehead atoms. The molecule has 1 aromatic rings. The molecule has 1 saturated heterocycles. The quantitative estimate of drug-likeness (QED) is 0.324. The lowest BCUT2D eigenvalue weighted by molar-refractivity contribution is -0.384. The van der Waals surface area contributed by atoms with Crippen molar-refractivity contribution in [2.75, 3.05) is 5.43 Å². The van der Waals surface area contributed by atoms with Crippen molar-refractivity contribution in [3.63, 3.8) is 0 Å². The van der Waals surface area contributed by atoms with Crippen LogP contribution in [0.4, 0.5) is 16.2 Å². The predicted molar refractivity (Wildman–Crippen MR) is 74.1 cm³/mol. The van der Waals surface area contributed by atoms with Crippen molar-refractivity contribution in [2.24, 2.45) is 5.84 Å². The van der Waals surface area contributed by atoms with E-state index < -0.39 is 22.4 Å². The molecule has 0 unspecified atom stereocenters. The Balaban J connectivity index is 2.35. The van der Waals surface area contributed by atoms with E-state index in [0.717, 1.165) is 4.90 Å². The number of nitrogens with one attached hydrogen (secondary N) is 2. The number of carbonyl (C=O) groups excluding carboxylic acids is 2. The average molecular weight is 293 g/mol. The number of amides is 3. The molecule has 0 atom stereocenters. The third-order valence-electron chi connectivity index (χ3n) is 3.23. The average Bonchev–Trinajstić information content (AvgIpc) is 2.60. The molecule has 1 aromatic carbocycles. The zero-order chi connectivity index (χ0) is 15.8. The first kappa shape index (κ1) is 14.7. The number of non-ortho nitro benzene ring substituents is 1. The summed E-state index contributed by atoms with van der Waals surface area (Å²) in [6.45, 7) is 3.07. The fraction of sp³-hybridized carbons (Fsp3) is 0.333. The lowest BCUT2D eigenvalue weighted by Gasteiger charge is -2.17. The molecule has 1 heterocycles. The number of hydrogen-bond donors (Lipinski definition) is 3. The van der Waals surface area contributed by atoms with Gasteiger partial charge in [0.1, 0.15) is 5.54 Å². The van der Waals surface area contributed by atoms with E-state index in [1.807, 2.05) is 0 Å². The second kappa shape index (κ2) is 5.02. The van der Waals surface area contributed by atoms with Crippen LogP contribution in [0.15, 0.2) is 18.2 Å². The summed E-state index contributed by atoms with van der Waals surface area (Å²) in [6, 6.07) is 3.45. The third kappa shape index (κ3) is 2.63. The summed E-state index contributed by atoms with van der Waals surface area (Å²) in [4.78, 5) is 35.2. The van der Waals surface area contributed by atoms with E-state index >= 15 is 0 Å². The van der Waals surface area contributed by atoms with Crippen molar-refractivity contribution >= 4 is 23.3 Å². The van der Waals surface area contributed by atoms with Gasteiger partial charge in [-0.1, -0.05) is 0 Å². The molecule has 1 fully saturated rings. The molecule has 21 heavy (non-hydrogen) atoms. The summed E-state index contributed by atoms with van der Waals surface area (Å²) in [6.07, 6.45) is 0. The Morgan fingerprint density at radius 2 is 2.10 bits per heavy atom. The molecule has 4 N–H and O–H groups in total. The summed E-state index contributed by atoms with van der Waals surface area (Å²) in [5.74, 6) is 4.95. The highest BCUT2D eigenvalue weighted by Gasteiger charge is 2.44. The molecular weight excluding hydrogens is 278 g/mol. The highest BCUT2D eigenvalue weighted by Crippen LogP contribution is 2.26. The number of nitro groups is 1. The second-order valence-corrected chi connectivity index (χ2v) is 5.19. The molecule has 0 radical (unpaired) electrons. The van der Waals surface area contributed by atoms with Crippen molar-refractivity contribution in [1.82, 2.24) is 10.2 Å². The Kier molecular flexibility index (Phi) is 3.52. The molecule has 1 aliphatic rings. The molecular formula is C12H15N5O4. The number of imide groups is 1. The molecule has 3 amide bonds. The Labute approximate surface area is 120 Å². The number of nitrogen functional groups attached to an aromatic ring is 1. The van der Waals surface area contributed by atoms with Crippen LogP contribution in [0.25, 0.3) is 0 Å². The number of urea groups is 1. The van der Waals surface area contributed by atoms with Gasteiger partial charge in [-0.3, -0.25) is 25.7 Å². The molecule has 9 heteroatoms. The molecule has 1 aliphatic heterocycles. The number of carbonyl (C=O) groups is 2. The molecule has 0 spiro atoms. The maximum Gasteiger partial charge on any atom is 0.325 e. The topological polar surface area (TPSA) is 131 Å². The summed E-state index contributed by atoms with van der Waals surface area (Å²) < 4.78 is 0. The van der Waals surface area contributed by atoms with Gasteiger partial charge in [-0.05, 0) is 19.9 Å². The van der Waals surface area contributed by atoms with E-state index in [1.165, 1.54) is 18.2 Å².